The number of aromatic nitrogens is 1. The third-order valence-corrected chi connectivity index (χ3v) is 3.86. The molecule has 1 aliphatic rings. The van der Waals surface area contributed by atoms with Gasteiger partial charge in [0.05, 0.1) is 6.07 Å². The first-order valence-electron chi connectivity index (χ1n) is 6.78. The van der Waals surface area contributed by atoms with E-state index in [-0.39, 0.29) is 17.4 Å². The van der Waals surface area contributed by atoms with Gasteiger partial charge >= 0.3 is 0 Å². The second kappa shape index (κ2) is 5.49. The van der Waals surface area contributed by atoms with Crippen LogP contribution in [0.3, 0.4) is 0 Å². The number of rotatable bonds is 4. The Morgan fingerprint density at radius 2 is 2.35 bits per heavy atom. The number of carbonyl (C=O) groups is 1. The number of amides is 1. The second-order valence-corrected chi connectivity index (χ2v) is 6.14. The van der Waals surface area contributed by atoms with Gasteiger partial charge in [-0.1, -0.05) is 13.8 Å². The molecule has 0 aromatic carbocycles. The lowest BCUT2D eigenvalue weighted by molar-refractivity contribution is -0.109. The van der Waals surface area contributed by atoms with Crippen molar-refractivity contribution in [3.63, 3.8) is 0 Å². The SMILES string of the molecule is CC1(C)CCc2[nH]c(=O)c(CC(C#N)NC=O)cc2C1. The predicted octanol–water partition coefficient (Wildman–Crippen LogP) is 1.07. The number of hydrogen-bond acceptors (Lipinski definition) is 3. The fraction of sp³-hybridized carbons (Fsp3) is 0.533. The van der Waals surface area contributed by atoms with Crippen molar-refractivity contribution in [2.24, 2.45) is 5.41 Å². The smallest absolute Gasteiger partial charge is 0.251 e. The summed E-state index contributed by atoms with van der Waals surface area (Å²) in [5, 5.41) is 11.4. The Morgan fingerprint density at radius 1 is 1.60 bits per heavy atom. The Labute approximate surface area is 118 Å². The summed E-state index contributed by atoms with van der Waals surface area (Å²) in [4.78, 5) is 25.4. The van der Waals surface area contributed by atoms with Gasteiger partial charge in [-0.15, -0.1) is 0 Å². The molecule has 1 aliphatic carbocycles. The summed E-state index contributed by atoms with van der Waals surface area (Å²) in [6.45, 7) is 4.43. The van der Waals surface area contributed by atoms with E-state index in [1.54, 1.807) is 0 Å². The molecular formula is C15H19N3O2. The van der Waals surface area contributed by atoms with E-state index < -0.39 is 6.04 Å². The zero-order valence-corrected chi connectivity index (χ0v) is 11.8. The Kier molecular flexibility index (Phi) is 3.93. The Balaban J connectivity index is 2.30. The molecule has 1 unspecified atom stereocenters. The van der Waals surface area contributed by atoms with E-state index in [2.05, 4.69) is 24.1 Å². The van der Waals surface area contributed by atoms with Crippen molar-refractivity contribution < 1.29 is 4.79 Å². The van der Waals surface area contributed by atoms with Gasteiger partial charge in [0.15, 0.2) is 0 Å². The lowest BCUT2D eigenvalue weighted by Crippen LogP contribution is -2.32. The highest BCUT2D eigenvalue weighted by Gasteiger charge is 2.26. The largest absolute Gasteiger partial charge is 0.343 e. The highest BCUT2D eigenvalue weighted by atomic mass is 16.1. The summed E-state index contributed by atoms with van der Waals surface area (Å²) in [6.07, 6.45) is 3.58. The van der Waals surface area contributed by atoms with Gasteiger partial charge in [-0.05, 0) is 36.3 Å². The molecule has 0 saturated heterocycles. The van der Waals surface area contributed by atoms with E-state index in [1.165, 1.54) is 0 Å². The summed E-state index contributed by atoms with van der Waals surface area (Å²) in [6, 6.07) is 3.21. The van der Waals surface area contributed by atoms with Crippen molar-refractivity contribution in [2.75, 3.05) is 0 Å². The lowest BCUT2D eigenvalue weighted by atomic mass is 9.75. The van der Waals surface area contributed by atoms with Crippen LogP contribution in [0, 0.1) is 16.7 Å². The van der Waals surface area contributed by atoms with Crippen LogP contribution in [0.2, 0.25) is 0 Å². The number of pyridine rings is 1. The zero-order chi connectivity index (χ0) is 14.8. The highest BCUT2D eigenvalue weighted by Crippen LogP contribution is 2.33. The Hall–Kier alpha value is -2.09. The maximum Gasteiger partial charge on any atom is 0.251 e. The summed E-state index contributed by atoms with van der Waals surface area (Å²) in [5.74, 6) is 0. The molecule has 20 heavy (non-hydrogen) atoms. The number of nitrogens with one attached hydrogen (secondary N) is 2. The molecule has 5 heteroatoms. The van der Waals surface area contributed by atoms with E-state index >= 15 is 0 Å². The highest BCUT2D eigenvalue weighted by molar-refractivity contribution is 5.48. The van der Waals surface area contributed by atoms with E-state index in [0.29, 0.717) is 12.0 Å². The molecule has 0 fully saturated rings. The molecule has 0 spiro atoms. The number of hydrogen-bond donors (Lipinski definition) is 2. The van der Waals surface area contributed by atoms with Gasteiger partial charge in [0.2, 0.25) is 6.41 Å². The van der Waals surface area contributed by atoms with Crippen LogP contribution >= 0.6 is 0 Å². The van der Waals surface area contributed by atoms with Crippen LogP contribution in [0.5, 0.6) is 0 Å². The van der Waals surface area contributed by atoms with Crippen LogP contribution in [0.4, 0.5) is 0 Å². The first-order valence-corrected chi connectivity index (χ1v) is 6.78. The molecule has 1 amide bonds. The Morgan fingerprint density at radius 3 is 3.00 bits per heavy atom. The first kappa shape index (κ1) is 14.3. The van der Waals surface area contributed by atoms with Crippen molar-refractivity contribution in [1.82, 2.24) is 10.3 Å². The predicted molar refractivity (Wildman–Crippen MR) is 75.2 cm³/mol. The van der Waals surface area contributed by atoms with E-state index in [4.69, 9.17) is 5.26 Å². The van der Waals surface area contributed by atoms with Crippen molar-refractivity contribution in [1.29, 1.82) is 5.26 Å². The molecule has 1 heterocycles. The third-order valence-electron chi connectivity index (χ3n) is 3.86. The fourth-order valence-electron chi connectivity index (χ4n) is 2.70. The maximum absolute atomic E-state index is 12.0. The molecule has 1 aromatic heterocycles. The normalized spacial score (nSPS) is 17.6. The van der Waals surface area contributed by atoms with Crippen LogP contribution in [0.15, 0.2) is 10.9 Å². The lowest BCUT2D eigenvalue weighted by Gasteiger charge is -2.31. The molecule has 2 N–H and O–H groups in total. The molecule has 1 atom stereocenters. The van der Waals surface area contributed by atoms with Crippen molar-refractivity contribution >= 4 is 6.41 Å². The molecular weight excluding hydrogens is 254 g/mol. The van der Waals surface area contributed by atoms with E-state index in [0.717, 1.165) is 30.5 Å². The zero-order valence-electron chi connectivity index (χ0n) is 11.8. The minimum Gasteiger partial charge on any atom is -0.343 e. The summed E-state index contributed by atoms with van der Waals surface area (Å²) in [7, 11) is 0. The number of aromatic amines is 1. The van der Waals surface area contributed by atoms with Gasteiger partial charge in [0.1, 0.15) is 6.04 Å². The molecule has 0 saturated carbocycles. The van der Waals surface area contributed by atoms with Crippen LogP contribution in [0.1, 0.15) is 37.1 Å². The average Bonchev–Trinajstić information content (AvgIpc) is 2.39. The quantitative estimate of drug-likeness (QED) is 0.805. The molecule has 106 valence electrons. The summed E-state index contributed by atoms with van der Waals surface area (Å²) in [5.41, 5.74) is 2.80. The van der Waals surface area contributed by atoms with E-state index in [1.807, 2.05) is 12.1 Å². The van der Waals surface area contributed by atoms with Crippen LogP contribution in [-0.2, 0) is 24.1 Å². The second-order valence-electron chi connectivity index (χ2n) is 6.14. The third kappa shape index (κ3) is 3.08. The topological polar surface area (TPSA) is 85.8 Å². The van der Waals surface area contributed by atoms with Crippen LogP contribution in [-0.4, -0.2) is 17.4 Å². The summed E-state index contributed by atoms with van der Waals surface area (Å²) < 4.78 is 0. The summed E-state index contributed by atoms with van der Waals surface area (Å²) >= 11 is 0. The van der Waals surface area contributed by atoms with Gasteiger partial charge in [-0.3, -0.25) is 9.59 Å². The number of nitriles is 1. The molecule has 5 nitrogen and oxygen atoms in total. The first-order chi connectivity index (χ1) is 9.45. The number of H-pyrrole nitrogens is 1. The van der Waals surface area contributed by atoms with Gasteiger partial charge in [0, 0.05) is 17.7 Å². The monoisotopic (exact) mass is 273 g/mol. The Bertz CT molecular complexity index is 611. The van der Waals surface area contributed by atoms with Crippen molar-refractivity contribution in [2.45, 2.75) is 45.6 Å². The molecule has 1 aromatic rings. The number of fused-ring (bicyclic) bond motifs is 1. The molecule has 0 radical (unpaired) electrons. The van der Waals surface area contributed by atoms with Crippen LogP contribution < -0.4 is 10.9 Å². The number of nitrogens with zero attached hydrogens (tertiary/aromatic N) is 1. The molecule has 2 rings (SSSR count). The van der Waals surface area contributed by atoms with Crippen LogP contribution in [0.25, 0.3) is 0 Å². The minimum absolute atomic E-state index is 0.156. The fourth-order valence-corrected chi connectivity index (χ4v) is 2.70. The molecule has 0 aliphatic heterocycles. The van der Waals surface area contributed by atoms with Crippen molar-refractivity contribution in [3.8, 4) is 6.07 Å². The molecule has 0 bridgehead atoms. The van der Waals surface area contributed by atoms with Crippen molar-refractivity contribution in [3.05, 3.63) is 33.2 Å². The maximum atomic E-state index is 12.0. The number of aryl methyl sites for hydroxylation is 1. The van der Waals surface area contributed by atoms with E-state index in [9.17, 15) is 9.59 Å². The average molecular weight is 273 g/mol. The van der Waals surface area contributed by atoms with Gasteiger partial charge in [0.25, 0.3) is 5.56 Å². The minimum atomic E-state index is -0.664. The van der Waals surface area contributed by atoms with Gasteiger partial charge < -0.3 is 10.3 Å². The standard InChI is InChI=1S/C15H19N3O2/c1-15(2)4-3-13-11(7-15)5-10(14(20)18-13)6-12(8-16)17-9-19/h5,9,12H,3-4,6-7H2,1-2H3,(H,17,19)(H,18,20). The van der Waals surface area contributed by atoms with Gasteiger partial charge in [-0.25, -0.2) is 0 Å². The number of carbonyl (C=O) groups excluding carboxylic acids is 1. The van der Waals surface area contributed by atoms with Gasteiger partial charge in [-0.2, -0.15) is 5.26 Å².